The molecule has 0 fully saturated rings. The topological polar surface area (TPSA) is 58.2 Å². The summed E-state index contributed by atoms with van der Waals surface area (Å²) in [5.41, 5.74) is 0. The zero-order valence-corrected chi connectivity index (χ0v) is 12.6. The number of hydrogen-bond donors (Lipinski definition) is 2. The smallest absolute Gasteiger partial charge is 0.213 e. The Morgan fingerprint density at radius 1 is 1.06 bits per heavy atom. The number of rotatable bonds is 9. The van der Waals surface area contributed by atoms with Crippen LogP contribution in [0.1, 0.15) is 47.5 Å². The minimum absolute atomic E-state index is 0.0223. The third-order valence-corrected chi connectivity index (χ3v) is 4.52. The van der Waals surface area contributed by atoms with Gasteiger partial charge in [-0.25, -0.2) is 13.1 Å². The highest BCUT2D eigenvalue weighted by atomic mass is 32.2. The zero-order valence-electron chi connectivity index (χ0n) is 11.8. The minimum Gasteiger partial charge on any atom is -0.313 e. The van der Waals surface area contributed by atoms with E-state index in [0.717, 1.165) is 12.8 Å². The molecular formula is C12H28N2O2S. The number of nitrogens with one attached hydrogen (secondary N) is 2. The lowest BCUT2D eigenvalue weighted by Gasteiger charge is -2.22. The fraction of sp³-hybridized carbons (Fsp3) is 1.00. The highest BCUT2D eigenvalue weighted by Crippen LogP contribution is 2.13. The van der Waals surface area contributed by atoms with Gasteiger partial charge in [-0.2, -0.15) is 0 Å². The Labute approximate surface area is 107 Å². The summed E-state index contributed by atoms with van der Waals surface area (Å²) in [5.74, 6) is 0.568. The van der Waals surface area contributed by atoms with Gasteiger partial charge in [-0.15, -0.1) is 0 Å². The van der Waals surface area contributed by atoms with Crippen molar-refractivity contribution in [2.45, 2.75) is 59.5 Å². The van der Waals surface area contributed by atoms with Gasteiger partial charge in [-0.3, -0.25) is 0 Å². The van der Waals surface area contributed by atoms with E-state index in [4.69, 9.17) is 0 Å². The molecule has 1 atom stereocenters. The third-order valence-electron chi connectivity index (χ3n) is 3.04. The van der Waals surface area contributed by atoms with Gasteiger partial charge >= 0.3 is 0 Å². The van der Waals surface area contributed by atoms with E-state index < -0.39 is 10.0 Å². The molecule has 0 radical (unpaired) electrons. The van der Waals surface area contributed by atoms with Crippen molar-refractivity contribution >= 4 is 10.0 Å². The van der Waals surface area contributed by atoms with Crippen LogP contribution in [0.2, 0.25) is 0 Å². The lowest BCUT2D eigenvalue weighted by molar-refractivity contribution is 0.390. The van der Waals surface area contributed by atoms with E-state index in [0.29, 0.717) is 18.5 Å². The Kier molecular flexibility index (Phi) is 8.00. The van der Waals surface area contributed by atoms with Crippen molar-refractivity contribution in [3.63, 3.8) is 0 Å². The van der Waals surface area contributed by atoms with Crippen molar-refractivity contribution in [2.24, 2.45) is 5.92 Å². The summed E-state index contributed by atoms with van der Waals surface area (Å²) in [7, 11) is -3.15. The van der Waals surface area contributed by atoms with Crippen LogP contribution < -0.4 is 10.0 Å². The average molecular weight is 264 g/mol. The van der Waals surface area contributed by atoms with Crippen molar-refractivity contribution in [1.82, 2.24) is 10.0 Å². The zero-order chi connectivity index (χ0) is 13.5. The highest BCUT2D eigenvalue weighted by Gasteiger charge is 2.19. The second-order valence-electron chi connectivity index (χ2n) is 4.91. The van der Waals surface area contributed by atoms with Crippen molar-refractivity contribution in [3.05, 3.63) is 0 Å². The fourth-order valence-corrected chi connectivity index (χ4v) is 3.18. The Hall–Kier alpha value is -0.130. The van der Waals surface area contributed by atoms with Gasteiger partial charge in [0.2, 0.25) is 10.0 Å². The molecule has 0 aliphatic rings. The SMILES string of the molecule is CCC(CC)C(C)NS(=O)(=O)CCNC(C)C. The van der Waals surface area contributed by atoms with E-state index in [-0.39, 0.29) is 11.8 Å². The summed E-state index contributed by atoms with van der Waals surface area (Å²) in [6, 6.07) is 0.343. The van der Waals surface area contributed by atoms with Crippen LogP contribution in [0.25, 0.3) is 0 Å². The molecule has 104 valence electrons. The monoisotopic (exact) mass is 264 g/mol. The Balaban J connectivity index is 4.15. The predicted octanol–water partition coefficient (Wildman–Crippen LogP) is 1.73. The second kappa shape index (κ2) is 8.06. The first-order chi connectivity index (χ1) is 7.82. The van der Waals surface area contributed by atoms with Gasteiger partial charge in [-0.05, 0) is 12.8 Å². The van der Waals surface area contributed by atoms with Crippen LogP contribution in [-0.2, 0) is 10.0 Å². The minimum atomic E-state index is -3.15. The first-order valence-electron chi connectivity index (χ1n) is 6.55. The van der Waals surface area contributed by atoms with Crippen LogP contribution in [0.15, 0.2) is 0 Å². The van der Waals surface area contributed by atoms with E-state index in [9.17, 15) is 8.42 Å². The normalized spacial score (nSPS) is 14.5. The molecule has 0 amide bonds. The molecule has 0 aromatic heterocycles. The maximum absolute atomic E-state index is 11.8. The predicted molar refractivity (Wildman–Crippen MR) is 73.6 cm³/mol. The lowest BCUT2D eigenvalue weighted by atomic mass is 9.96. The molecule has 0 saturated heterocycles. The van der Waals surface area contributed by atoms with E-state index in [1.807, 2.05) is 20.8 Å². The molecule has 4 nitrogen and oxygen atoms in total. The van der Waals surface area contributed by atoms with Gasteiger partial charge in [0.05, 0.1) is 5.75 Å². The number of sulfonamides is 1. The van der Waals surface area contributed by atoms with Crippen LogP contribution in [0.3, 0.4) is 0 Å². The quantitative estimate of drug-likeness (QED) is 0.667. The first kappa shape index (κ1) is 16.9. The van der Waals surface area contributed by atoms with Gasteiger partial charge in [0.25, 0.3) is 0 Å². The van der Waals surface area contributed by atoms with Crippen molar-refractivity contribution in [3.8, 4) is 0 Å². The molecule has 2 N–H and O–H groups in total. The lowest BCUT2D eigenvalue weighted by Crippen LogP contribution is -2.41. The Morgan fingerprint density at radius 3 is 2.00 bits per heavy atom. The summed E-state index contributed by atoms with van der Waals surface area (Å²) >= 11 is 0. The molecule has 0 rings (SSSR count). The van der Waals surface area contributed by atoms with Crippen molar-refractivity contribution in [1.29, 1.82) is 0 Å². The molecule has 0 heterocycles. The van der Waals surface area contributed by atoms with Gasteiger partial charge in [0.1, 0.15) is 0 Å². The van der Waals surface area contributed by atoms with E-state index in [2.05, 4.69) is 23.9 Å². The molecule has 5 heteroatoms. The van der Waals surface area contributed by atoms with E-state index >= 15 is 0 Å². The summed E-state index contributed by atoms with van der Waals surface area (Å²) in [6.45, 7) is 10.7. The fourth-order valence-electron chi connectivity index (χ4n) is 1.92. The van der Waals surface area contributed by atoms with Crippen LogP contribution in [0, 0.1) is 5.92 Å². The van der Waals surface area contributed by atoms with Crippen LogP contribution >= 0.6 is 0 Å². The summed E-state index contributed by atoms with van der Waals surface area (Å²) in [4.78, 5) is 0. The molecule has 0 aliphatic carbocycles. The van der Waals surface area contributed by atoms with E-state index in [1.54, 1.807) is 0 Å². The van der Waals surface area contributed by atoms with Crippen LogP contribution in [0.4, 0.5) is 0 Å². The highest BCUT2D eigenvalue weighted by molar-refractivity contribution is 7.89. The van der Waals surface area contributed by atoms with Gasteiger partial charge in [0, 0.05) is 18.6 Å². The van der Waals surface area contributed by atoms with E-state index in [1.165, 1.54) is 0 Å². The molecule has 0 saturated carbocycles. The molecule has 1 unspecified atom stereocenters. The largest absolute Gasteiger partial charge is 0.313 e. The Morgan fingerprint density at radius 2 is 1.59 bits per heavy atom. The van der Waals surface area contributed by atoms with Crippen molar-refractivity contribution in [2.75, 3.05) is 12.3 Å². The second-order valence-corrected chi connectivity index (χ2v) is 6.78. The molecule has 0 aromatic carbocycles. The van der Waals surface area contributed by atoms with Crippen LogP contribution in [0.5, 0.6) is 0 Å². The Bertz CT molecular complexity index is 285. The maximum Gasteiger partial charge on any atom is 0.213 e. The maximum atomic E-state index is 11.8. The summed E-state index contributed by atoms with van der Waals surface area (Å²) < 4.78 is 26.4. The molecule has 0 bridgehead atoms. The van der Waals surface area contributed by atoms with Gasteiger partial charge < -0.3 is 5.32 Å². The first-order valence-corrected chi connectivity index (χ1v) is 8.21. The molecule has 17 heavy (non-hydrogen) atoms. The van der Waals surface area contributed by atoms with Gasteiger partial charge in [0.15, 0.2) is 0 Å². The summed E-state index contributed by atoms with van der Waals surface area (Å²) in [6.07, 6.45) is 2.01. The molecule has 0 spiro atoms. The molecule has 0 aliphatic heterocycles. The standard InChI is InChI=1S/C12H28N2O2S/c1-6-12(7-2)11(5)14-17(15,16)9-8-13-10(3)4/h10-14H,6-9H2,1-5H3. The third kappa shape index (κ3) is 7.73. The molecule has 0 aromatic rings. The average Bonchev–Trinajstić information content (AvgIpc) is 2.17. The van der Waals surface area contributed by atoms with Crippen LogP contribution in [-0.4, -0.2) is 32.8 Å². The summed E-state index contributed by atoms with van der Waals surface area (Å²) in [5, 5.41) is 3.11. The number of hydrogen-bond acceptors (Lipinski definition) is 3. The van der Waals surface area contributed by atoms with Crippen molar-refractivity contribution < 1.29 is 8.42 Å². The molecular weight excluding hydrogens is 236 g/mol. The van der Waals surface area contributed by atoms with Gasteiger partial charge in [-0.1, -0.05) is 40.5 Å².